The van der Waals surface area contributed by atoms with Gasteiger partial charge in [0.15, 0.2) is 18.2 Å². The van der Waals surface area contributed by atoms with Gasteiger partial charge in [-0.05, 0) is 38.2 Å². The fourth-order valence-corrected chi connectivity index (χ4v) is 3.30. The maximum Gasteiger partial charge on any atom is 0.513 e. The second-order valence-corrected chi connectivity index (χ2v) is 6.93. The van der Waals surface area contributed by atoms with Gasteiger partial charge in [0, 0.05) is 12.5 Å². The SMILES string of the molecule is C[C@@H](OC(=O)OC[n+]1cccc(C(=O)CCCO[N+](=O)[O-])c1)C1CCCCC1. The molecule has 9 heteroatoms. The van der Waals surface area contributed by atoms with Gasteiger partial charge in [-0.2, -0.15) is 4.57 Å². The van der Waals surface area contributed by atoms with Gasteiger partial charge in [-0.25, -0.2) is 4.79 Å². The monoisotopic (exact) mass is 395 g/mol. The van der Waals surface area contributed by atoms with Crippen molar-refractivity contribution in [3.8, 4) is 0 Å². The molecule has 1 aliphatic carbocycles. The Bertz CT molecular complexity index is 674. The molecule has 1 fully saturated rings. The quantitative estimate of drug-likeness (QED) is 0.149. The third kappa shape index (κ3) is 7.50. The fourth-order valence-electron chi connectivity index (χ4n) is 3.30. The van der Waals surface area contributed by atoms with Gasteiger partial charge in [-0.1, -0.05) is 19.3 Å². The predicted molar refractivity (Wildman–Crippen MR) is 96.8 cm³/mol. The van der Waals surface area contributed by atoms with E-state index in [0.29, 0.717) is 11.5 Å². The van der Waals surface area contributed by atoms with E-state index in [9.17, 15) is 19.7 Å². The number of Topliss-reactive ketones (excluding diaryl/α,β-unsaturated/α-hetero) is 1. The third-order valence-corrected chi connectivity index (χ3v) is 4.85. The van der Waals surface area contributed by atoms with Crippen LogP contribution >= 0.6 is 0 Å². The molecule has 2 rings (SSSR count). The van der Waals surface area contributed by atoms with Crippen molar-refractivity contribution in [2.45, 2.75) is 64.7 Å². The highest BCUT2D eigenvalue weighted by Gasteiger charge is 2.24. The fraction of sp³-hybridized carbons (Fsp3) is 0.632. The molecule has 1 aliphatic rings. The van der Waals surface area contributed by atoms with E-state index < -0.39 is 11.2 Å². The van der Waals surface area contributed by atoms with Crippen molar-refractivity contribution in [1.82, 2.24) is 0 Å². The van der Waals surface area contributed by atoms with Gasteiger partial charge in [0.2, 0.25) is 0 Å². The van der Waals surface area contributed by atoms with Crippen LogP contribution < -0.4 is 4.57 Å². The highest BCUT2D eigenvalue weighted by Crippen LogP contribution is 2.27. The molecular formula is C19H27N2O7+. The van der Waals surface area contributed by atoms with Crippen molar-refractivity contribution in [2.75, 3.05) is 6.61 Å². The van der Waals surface area contributed by atoms with Crippen LogP contribution in [0.3, 0.4) is 0 Å². The molecule has 0 radical (unpaired) electrons. The first-order valence-electron chi connectivity index (χ1n) is 9.58. The summed E-state index contributed by atoms with van der Waals surface area (Å²) in [5.74, 6) is 0.212. The Morgan fingerprint density at radius 3 is 2.79 bits per heavy atom. The first kappa shape index (κ1) is 21.6. The molecule has 0 bridgehead atoms. The summed E-state index contributed by atoms with van der Waals surface area (Å²) in [7, 11) is 0. The van der Waals surface area contributed by atoms with Crippen LogP contribution in [0, 0.1) is 16.0 Å². The first-order chi connectivity index (χ1) is 13.5. The summed E-state index contributed by atoms with van der Waals surface area (Å²) in [5, 5.41) is 9.20. The van der Waals surface area contributed by atoms with Crippen molar-refractivity contribution >= 4 is 11.9 Å². The van der Waals surface area contributed by atoms with Crippen LogP contribution in [-0.4, -0.2) is 29.7 Å². The van der Waals surface area contributed by atoms with Crippen LogP contribution in [0.2, 0.25) is 0 Å². The number of nitrogens with zero attached hydrogens (tertiary/aromatic N) is 2. The molecule has 0 spiro atoms. The first-order valence-corrected chi connectivity index (χ1v) is 9.58. The average Bonchev–Trinajstić information content (AvgIpc) is 2.70. The zero-order chi connectivity index (χ0) is 20.4. The molecule has 0 aliphatic heterocycles. The molecule has 154 valence electrons. The lowest BCUT2D eigenvalue weighted by Crippen LogP contribution is -2.37. The Morgan fingerprint density at radius 2 is 2.07 bits per heavy atom. The number of rotatable bonds is 10. The third-order valence-electron chi connectivity index (χ3n) is 4.85. The van der Waals surface area contributed by atoms with Gasteiger partial charge in [0.25, 0.3) is 11.8 Å². The van der Waals surface area contributed by atoms with Crippen LogP contribution in [0.15, 0.2) is 24.5 Å². The summed E-state index contributed by atoms with van der Waals surface area (Å²) in [4.78, 5) is 38.3. The van der Waals surface area contributed by atoms with Crippen LogP contribution in [0.5, 0.6) is 0 Å². The lowest BCUT2D eigenvalue weighted by Gasteiger charge is -2.26. The van der Waals surface area contributed by atoms with Gasteiger partial charge in [-0.15, -0.1) is 10.1 Å². The summed E-state index contributed by atoms with van der Waals surface area (Å²) in [6, 6.07) is 3.30. The summed E-state index contributed by atoms with van der Waals surface area (Å²) in [6.45, 7) is 1.70. The Kier molecular flexibility index (Phi) is 8.64. The molecule has 1 aromatic heterocycles. The number of ether oxygens (including phenoxy) is 2. The minimum absolute atomic E-state index is 0.0677. The molecule has 0 aromatic carbocycles. The molecule has 9 nitrogen and oxygen atoms in total. The van der Waals surface area contributed by atoms with E-state index in [4.69, 9.17) is 9.47 Å². The Hall–Kier alpha value is -2.71. The van der Waals surface area contributed by atoms with Crippen molar-refractivity contribution < 1.29 is 33.6 Å². The molecule has 1 aromatic rings. The van der Waals surface area contributed by atoms with Crippen molar-refractivity contribution in [2.24, 2.45) is 5.92 Å². The number of carbonyl (C=O) groups excluding carboxylic acids is 2. The van der Waals surface area contributed by atoms with Gasteiger partial charge in [0.05, 0.1) is 12.2 Å². The van der Waals surface area contributed by atoms with Crippen LogP contribution in [0.25, 0.3) is 0 Å². The number of hydrogen-bond acceptors (Lipinski definition) is 7. The standard InChI is InChI=1S/C19H27N2O7/c1-15(16-7-3-2-4-8-16)28-19(23)26-14-20-11-5-9-17(13-20)18(22)10-6-12-27-21(24)25/h5,9,11,13,15-16H,2-4,6-8,10,12,14H2,1H3/q+1/t15-/m1/s1. The number of pyridine rings is 1. The van der Waals surface area contributed by atoms with Crippen LogP contribution in [0.1, 0.15) is 62.2 Å². The number of carbonyl (C=O) groups is 2. The summed E-state index contributed by atoms with van der Waals surface area (Å²) < 4.78 is 12.1. The van der Waals surface area contributed by atoms with Crippen molar-refractivity contribution in [3.05, 3.63) is 40.2 Å². The predicted octanol–water partition coefficient (Wildman–Crippen LogP) is 3.22. The molecule has 1 saturated carbocycles. The van der Waals surface area contributed by atoms with E-state index in [1.807, 2.05) is 6.92 Å². The Morgan fingerprint density at radius 1 is 1.32 bits per heavy atom. The van der Waals surface area contributed by atoms with E-state index in [2.05, 4.69) is 4.84 Å². The summed E-state index contributed by atoms with van der Waals surface area (Å²) in [6.07, 6.45) is 8.42. The molecule has 0 N–H and O–H groups in total. The van der Waals surface area contributed by atoms with Gasteiger partial charge < -0.3 is 14.3 Å². The molecule has 1 heterocycles. The van der Waals surface area contributed by atoms with Gasteiger partial charge >= 0.3 is 6.16 Å². The minimum atomic E-state index is -0.882. The lowest BCUT2D eigenvalue weighted by atomic mass is 9.86. The second kappa shape index (κ2) is 11.2. The topological polar surface area (TPSA) is 109 Å². The largest absolute Gasteiger partial charge is 0.513 e. The van der Waals surface area contributed by atoms with Gasteiger partial charge in [-0.3, -0.25) is 4.79 Å². The van der Waals surface area contributed by atoms with Crippen molar-refractivity contribution in [1.29, 1.82) is 0 Å². The average molecular weight is 395 g/mol. The summed E-state index contributed by atoms with van der Waals surface area (Å²) >= 11 is 0. The summed E-state index contributed by atoms with van der Waals surface area (Å²) in [5.41, 5.74) is 0.427. The van der Waals surface area contributed by atoms with E-state index in [-0.39, 0.29) is 38.1 Å². The maximum atomic E-state index is 12.1. The van der Waals surface area contributed by atoms with Crippen LogP contribution in [-0.2, 0) is 21.0 Å². The smallest absolute Gasteiger partial charge is 0.431 e. The van der Waals surface area contributed by atoms with Crippen molar-refractivity contribution in [3.63, 3.8) is 0 Å². The van der Waals surface area contributed by atoms with Gasteiger partial charge in [0.1, 0.15) is 6.10 Å². The number of hydrogen-bond donors (Lipinski definition) is 0. The lowest BCUT2D eigenvalue weighted by molar-refractivity contribution is -0.757. The van der Waals surface area contributed by atoms with E-state index in [0.717, 1.165) is 12.8 Å². The number of aromatic nitrogens is 1. The zero-order valence-corrected chi connectivity index (χ0v) is 16.1. The second-order valence-electron chi connectivity index (χ2n) is 6.93. The molecule has 28 heavy (non-hydrogen) atoms. The molecular weight excluding hydrogens is 368 g/mol. The van der Waals surface area contributed by atoms with E-state index in [1.165, 1.54) is 19.3 Å². The number of ketones is 1. The normalized spacial score (nSPS) is 15.5. The minimum Gasteiger partial charge on any atom is -0.431 e. The maximum absolute atomic E-state index is 12.1. The molecule has 1 atom stereocenters. The molecule has 0 unspecified atom stereocenters. The Balaban J connectivity index is 1.76. The van der Waals surface area contributed by atoms with E-state index >= 15 is 0 Å². The Labute approximate surface area is 163 Å². The highest BCUT2D eigenvalue weighted by molar-refractivity contribution is 5.95. The molecule has 0 amide bonds. The van der Waals surface area contributed by atoms with Crippen LogP contribution in [0.4, 0.5) is 4.79 Å². The molecule has 0 saturated heterocycles. The zero-order valence-electron chi connectivity index (χ0n) is 16.1. The highest BCUT2D eigenvalue weighted by atomic mass is 16.9. The van der Waals surface area contributed by atoms with E-state index in [1.54, 1.807) is 29.1 Å².